The molecule has 2 aromatic carbocycles. The summed E-state index contributed by atoms with van der Waals surface area (Å²) in [5.41, 5.74) is 4.50. The molecule has 3 amide bonds. The molecule has 2 rings (SSSR count). The first-order valence-electron chi connectivity index (χ1n) is 9.75. The fourth-order valence-corrected chi connectivity index (χ4v) is 2.75. The van der Waals surface area contributed by atoms with Crippen molar-refractivity contribution < 1.29 is 27.6 Å². The van der Waals surface area contributed by atoms with Crippen LogP contribution in [0.15, 0.2) is 54.6 Å². The lowest BCUT2D eigenvalue weighted by Crippen LogP contribution is -2.42. The first-order chi connectivity index (χ1) is 14.6. The van der Waals surface area contributed by atoms with E-state index in [-0.39, 0.29) is 30.4 Å². The highest BCUT2D eigenvalue weighted by atomic mass is 19.4. The van der Waals surface area contributed by atoms with E-state index in [1.165, 1.54) is 5.56 Å². The number of hydrogen-bond acceptors (Lipinski definition) is 3. The van der Waals surface area contributed by atoms with Gasteiger partial charge in [0.1, 0.15) is 0 Å². The number of alkyl halides is 3. The van der Waals surface area contributed by atoms with Gasteiger partial charge in [0.05, 0.1) is 5.56 Å². The van der Waals surface area contributed by atoms with Crippen LogP contribution in [-0.4, -0.2) is 23.8 Å². The molecule has 0 spiro atoms. The Morgan fingerprint density at radius 1 is 0.871 bits per heavy atom. The highest BCUT2D eigenvalue weighted by Crippen LogP contribution is 2.29. The Hall–Kier alpha value is -3.36. The molecular formula is C22H24F3N3O3. The van der Waals surface area contributed by atoms with Crippen LogP contribution >= 0.6 is 0 Å². The highest BCUT2D eigenvalue weighted by molar-refractivity contribution is 5.95. The maximum atomic E-state index is 12.5. The van der Waals surface area contributed by atoms with Crippen LogP contribution in [0.3, 0.4) is 0 Å². The SMILES string of the molecule is CC(CCc1ccccc1)NC(=O)CCC(=O)NNC(=O)c1ccc(C(F)(F)F)cc1. The number of carbonyl (C=O) groups excluding carboxylic acids is 3. The van der Waals surface area contributed by atoms with Crippen LogP contribution in [0.25, 0.3) is 0 Å². The molecule has 6 nitrogen and oxygen atoms in total. The van der Waals surface area contributed by atoms with Crippen molar-refractivity contribution in [3.8, 4) is 0 Å². The van der Waals surface area contributed by atoms with Crippen LogP contribution in [0.5, 0.6) is 0 Å². The number of aryl methyl sites for hydroxylation is 1. The van der Waals surface area contributed by atoms with Gasteiger partial charge < -0.3 is 5.32 Å². The topological polar surface area (TPSA) is 87.3 Å². The van der Waals surface area contributed by atoms with Crippen molar-refractivity contribution in [3.05, 3.63) is 71.3 Å². The van der Waals surface area contributed by atoms with Gasteiger partial charge in [-0.2, -0.15) is 13.2 Å². The molecule has 166 valence electrons. The molecule has 1 unspecified atom stereocenters. The monoisotopic (exact) mass is 435 g/mol. The fourth-order valence-electron chi connectivity index (χ4n) is 2.75. The van der Waals surface area contributed by atoms with Gasteiger partial charge in [-0.25, -0.2) is 0 Å². The largest absolute Gasteiger partial charge is 0.416 e. The van der Waals surface area contributed by atoms with Gasteiger partial charge in [-0.15, -0.1) is 0 Å². The van der Waals surface area contributed by atoms with Gasteiger partial charge >= 0.3 is 6.18 Å². The smallest absolute Gasteiger partial charge is 0.354 e. The Labute approximate surface area is 178 Å². The van der Waals surface area contributed by atoms with Crippen molar-refractivity contribution in [2.24, 2.45) is 0 Å². The van der Waals surface area contributed by atoms with E-state index in [9.17, 15) is 27.6 Å². The van der Waals surface area contributed by atoms with Crippen LogP contribution in [0.1, 0.15) is 47.7 Å². The van der Waals surface area contributed by atoms with E-state index in [2.05, 4.69) is 16.2 Å². The Bertz CT molecular complexity index is 884. The van der Waals surface area contributed by atoms with E-state index >= 15 is 0 Å². The second kappa shape index (κ2) is 11.1. The minimum atomic E-state index is -4.50. The van der Waals surface area contributed by atoms with Gasteiger partial charge in [-0.3, -0.25) is 25.2 Å². The number of hydrogen-bond donors (Lipinski definition) is 3. The van der Waals surface area contributed by atoms with Gasteiger partial charge in [0.25, 0.3) is 5.91 Å². The summed E-state index contributed by atoms with van der Waals surface area (Å²) >= 11 is 0. The molecule has 0 aromatic heterocycles. The summed E-state index contributed by atoms with van der Waals surface area (Å²) in [7, 11) is 0. The molecule has 0 aliphatic rings. The van der Waals surface area contributed by atoms with Crippen molar-refractivity contribution in [2.75, 3.05) is 0 Å². The molecule has 1 atom stereocenters. The summed E-state index contributed by atoms with van der Waals surface area (Å²) in [5, 5.41) is 2.82. The predicted molar refractivity (Wildman–Crippen MR) is 109 cm³/mol. The van der Waals surface area contributed by atoms with Gasteiger partial charge in [-0.05, 0) is 49.6 Å². The lowest BCUT2D eigenvalue weighted by atomic mass is 10.1. The molecule has 9 heteroatoms. The zero-order valence-corrected chi connectivity index (χ0v) is 17.0. The third-order valence-electron chi connectivity index (χ3n) is 4.49. The van der Waals surface area contributed by atoms with Crippen molar-refractivity contribution in [2.45, 2.75) is 44.8 Å². The predicted octanol–water partition coefficient (Wildman–Crippen LogP) is 3.38. The summed E-state index contributed by atoms with van der Waals surface area (Å²) in [6.07, 6.45) is -3.13. The number of benzene rings is 2. The first-order valence-corrected chi connectivity index (χ1v) is 9.75. The van der Waals surface area contributed by atoms with E-state index < -0.39 is 23.6 Å². The zero-order chi connectivity index (χ0) is 22.9. The Kier molecular flexibility index (Phi) is 8.60. The Morgan fingerprint density at radius 2 is 1.48 bits per heavy atom. The maximum absolute atomic E-state index is 12.5. The minimum absolute atomic E-state index is 0.0433. The summed E-state index contributed by atoms with van der Waals surface area (Å²) in [6, 6.07) is 13.4. The first kappa shape index (κ1) is 23.9. The van der Waals surface area contributed by atoms with Crippen LogP contribution in [0.2, 0.25) is 0 Å². The average Bonchev–Trinajstić information content (AvgIpc) is 2.75. The Morgan fingerprint density at radius 3 is 2.10 bits per heavy atom. The van der Waals surface area contributed by atoms with Crippen molar-refractivity contribution >= 4 is 17.7 Å². The molecule has 3 N–H and O–H groups in total. The number of hydrazine groups is 1. The molecule has 0 fully saturated rings. The van der Waals surface area contributed by atoms with Crippen LogP contribution in [-0.2, 0) is 22.2 Å². The molecule has 2 aromatic rings. The van der Waals surface area contributed by atoms with Crippen LogP contribution in [0, 0.1) is 0 Å². The standard InChI is InChI=1S/C22H24F3N3O3/c1-15(7-8-16-5-3-2-4-6-16)26-19(29)13-14-20(30)27-28-21(31)17-9-11-18(12-10-17)22(23,24)25/h2-6,9-12,15H,7-8,13-14H2,1H3,(H,26,29)(H,27,30)(H,28,31). The molecule has 0 radical (unpaired) electrons. The van der Waals surface area contributed by atoms with Gasteiger partial charge in [0.2, 0.25) is 11.8 Å². The van der Waals surface area contributed by atoms with E-state index in [1.54, 1.807) is 0 Å². The maximum Gasteiger partial charge on any atom is 0.416 e. The van der Waals surface area contributed by atoms with Gasteiger partial charge in [-0.1, -0.05) is 30.3 Å². The van der Waals surface area contributed by atoms with Crippen LogP contribution < -0.4 is 16.2 Å². The second-order valence-corrected chi connectivity index (χ2v) is 7.07. The zero-order valence-electron chi connectivity index (χ0n) is 17.0. The molecule has 0 aliphatic heterocycles. The van der Waals surface area contributed by atoms with E-state index in [4.69, 9.17) is 0 Å². The number of nitrogens with one attached hydrogen (secondary N) is 3. The summed E-state index contributed by atoms with van der Waals surface area (Å²) in [4.78, 5) is 35.7. The number of rotatable bonds is 8. The van der Waals surface area contributed by atoms with Crippen molar-refractivity contribution in [1.82, 2.24) is 16.2 Å². The number of halogens is 3. The lowest BCUT2D eigenvalue weighted by Gasteiger charge is -2.14. The molecule has 0 aliphatic carbocycles. The summed E-state index contributed by atoms with van der Waals surface area (Å²) < 4.78 is 37.6. The fraction of sp³-hybridized carbons (Fsp3) is 0.318. The summed E-state index contributed by atoms with van der Waals surface area (Å²) in [6.45, 7) is 1.88. The van der Waals surface area contributed by atoms with E-state index in [0.717, 1.165) is 37.1 Å². The number of amides is 3. The van der Waals surface area contributed by atoms with Crippen LogP contribution in [0.4, 0.5) is 13.2 Å². The van der Waals surface area contributed by atoms with Gasteiger partial charge in [0, 0.05) is 24.4 Å². The Balaban J connectivity index is 1.66. The van der Waals surface area contributed by atoms with Crippen molar-refractivity contribution in [3.63, 3.8) is 0 Å². The second-order valence-electron chi connectivity index (χ2n) is 7.07. The molecule has 31 heavy (non-hydrogen) atoms. The van der Waals surface area contributed by atoms with Gasteiger partial charge in [0.15, 0.2) is 0 Å². The molecule has 0 saturated heterocycles. The quantitative estimate of drug-likeness (QED) is 0.556. The molecule has 0 bridgehead atoms. The normalized spacial score (nSPS) is 12.0. The van der Waals surface area contributed by atoms with E-state index in [0.29, 0.717) is 0 Å². The highest BCUT2D eigenvalue weighted by Gasteiger charge is 2.30. The van der Waals surface area contributed by atoms with E-state index in [1.807, 2.05) is 37.3 Å². The molecular weight excluding hydrogens is 411 g/mol. The number of carbonyl (C=O) groups is 3. The third kappa shape index (κ3) is 8.49. The average molecular weight is 435 g/mol. The molecule has 0 heterocycles. The summed E-state index contributed by atoms with van der Waals surface area (Å²) in [5.74, 6) is -1.64. The third-order valence-corrected chi connectivity index (χ3v) is 4.49. The minimum Gasteiger partial charge on any atom is -0.354 e. The lowest BCUT2D eigenvalue weighted by molar-refractivity contribution is -0.137. The molecule has 0 saturated carbocycles. The van der Waals surface area contributed by atoms with Crippen molar-refractivity contribution in [1.29, 1.82) is 0 Å².